The average molecular weight is 257 g/mol. The van der Waals surface area contributed by atoms with Crippen LogP contribution in [0.25, 0.3) is 0 Å². The van der Waals surface area contributed by atoms with Gasteiger partial charge in [-0.15, -0.1) is 0 Å². The van der Waals surface area contributed by atoms with Gasteiger partial charge >= 0.3 is 5.97 Å². The van der Waals surface area contributed by atoms with Crippen LogP contribution in [0.5, 0.6) is 0 Å². The van der Waals surface area contributed by atoms with Gasteiger partial charge in [0.2, 0.25) is 0 Å². The summed E-state index contributed by atoms with van der Waals surface area (Å²) in [6.45, 7) is 0. The van der Waals surface area contributed by atoms with Gasteiger partial charge in [-0.3, -0.25) is 0 Å². The number of aliphatic hydroxyl groups excluding tert-OH is 2. The highest BCUT2D eigenvalue weighted by atomic mass is 35.5. The van der Waals surface area contributed by atoms with E-state index in [4.69, 9.17) is 16.9 Å². The van der Waals surface area contributed by atoms with Crippen LogP contribution in [0.3, 0.4) is 0 Å². The zero-order chi connectivity index (χ0) is 13.0. The summed E-state index contributed by atoms with van der Waals surface area (Å²) < 4.78 is 4.47. The fourth-order valence-electron chi connectivity index (χ4n) is 1.14. The quantitative estimate of drug-likeness (QED) is 0.462. The molecule has 0 saturated heterocycles. The summed E-state index contributed by atoms with van der Waals surface area (Å²) in [6.07, 6.45) is -2.02. The number of aliphatic hydroxyl groups is 2. The van der Waals surface area contributed by atoms with Crippen molar-refractivity contribution in [3.05, 3.63) is 28.5 Å². The Balaban J connectivity index is 3.15. The molecule has 0 spiro atoms. The Morgan fingerprint density at radius 3 is 2.82 bits per heavy atom. The summed E-state index contributed by atoms with van der Waals surface area (Å²) in [5.41, 5.74) is 0.0553. The number of rotatable bonds is 3. The van der Waals surface area contributed by atoms with Crippen molar-refractivity contribution >= 4 is 17.6 Å². The van der Waals surface area contributed by atoms with Crippen LogP contribution in [0, 0.1) is 11.3 Å². The molecule has 7 heteroatoms. The van der Waals surface area contributed by atoms with Crippen LogP contribution in [0.1, 0.15) is 22.0 Å². The van der Waals surface area contributed by atoms with Gasteiger partial charge in [0.25, 0.3) is 0 Å². The van der Waals surface area contributed by atoms with Crippen LogP contribution in [0.4, 0.5) is 0 Å². The highest BCUT2D eigenvalue weighted by molar-refractivity contribution is 6.30. The summed E-state index contributed by atoms with van der Waals surface area (Å²) >= 11 is 5.70. The van der Waals surface area contributed by atoms with Crippen LogP contribution in [0.15, 0.2) is 12.3 Å². The van der Waals surface area contributed by atoms with E-state index in [0.717, 1.165) is 0 Å². The summed E-state index contributed by atoms with van der Waals surface area (Å²) in [5, 5.41) is 27.1. The Morgan fingerprint density at radius 1 is 1.65 bits per heavy atom. The maximum atomic E-state index is 11.2. The molecule has 1 heterocycles. The number of esters is 1. The highest BCUT2D eigenvalue weighted by Gasteiger charge is 2.22. The van der Waals surface area contributed by atoms with E-state index in [-0.39, 0.29) is 16.3 Å². The minimum atomic E-state index is -1.65. The highest BCUT2D eigenvalue weighted by Crippen LogP contribution is 2.24. The number of methoxy groups -OCH3 is 1. The molecule has 2 unspecified atom stereocenters. The molecule has 0 aliphatic heterocycles. The minimum Gasteiger partial charge on any atom is -0.465 e. The summed E-state index contributed by atoms with van der Waals surface area (Å²) in [7, 11) is 1.19. The molecule has 0 saturated carbocycles. The molecule has 0 amide bonds. The lowest BCUT2D eigenvalue weighted by molar-refractivity contribution is 0.0520. The number of ether oxygens (including phenoxy) is 1. The van der Waals surface area contributed by atoms with Gasteiger partial charge in [0, 0.05) is 11.8 Å². The second kappa shape index (κ2) is 5.59. The number of carbonyl (C=O) groups excluding carboxylic acids is 1. The van der Waals surface area contributed by atoms with Crippen molar-refractivity contribution in [3.63, 3.8) is 0 Å². The first kappa shape index (κ1) is 13.4. The second-order valence-corrected chi connectivity index (χ2v) is 3.47. The number of hydrogen-bond donors (Lipinski definition) is 2. The van der Waals surface area contributed by atoms with Gasteiger partial charge < -0.3 is 14.9 Å². The molecule has 2 N–H and O–H groups in total. The maximum Gasteiger partial charge on any atom is 0.339 e. The number of nitrogens with zero attached hydrogens (tertiary/aromatic N) is 2. The van der Waals surface area contributed by atoms with E-state index in [9.17, 15) is 15.0 Å². The van der Waals surface area contributed by atoms with Crippen LogP contribution < -0.4 is 0 Å². The van der Waals surface area contributed by atoms with Gasteiger partial charge in [0.15, 0.2) is 6.10 Å². The molecular weight excluding hydrogens is 248 g/mol. The van der Waals surface area contributed by atoms with Gasteiger partial charge in [0.05, 0.1) is 18.7 Å². The molecule has 0 radical (unpaired) electrons. The third-order valence-corrected chi connectivity index (χ3v) is 2.35. The van der Waals surface area contributed by atoms with E-state index >= 15 is 0 Å². The molecule has 0 bridgehead atoms. The fraction of sp³-hybridized carbons (Fsp3) is 0.300. The minimum absolute atomic E-state index is 0.0105. The van der Waals surface area contributed by atoms with E-state index in [2.05, 4.69) is 9.72 Å². The van der Waals surface area contributed by atoms with Gasteiger partial charge in [-0.2, -0.15) is 5.26 Å². The van der Waals surface area contributed by atoms with Gasteiger partial charge in [-0.1, -0.05) is 11.6 Å². The van der Waals surface area contributed by atoms with Crippen molar-refractivity contribution in [2.75, 3.05) is 7.11 Å². The molecular formula is C10H9ClN2O4. The predicted molar refractivity (Wildman–Crippen MR) is 57.2 cm³/mol. The maximum absolute atomic E-state index is 11.2. The van der Waals surface area contributed by atoms with Gasteiger partial charge in [0.1, 0.15) is 11.3 Å². The van der Waals surface area contributed by atoms with Crippen molar-refractivity contribution in [1.82, 2.24) is 4.98 Å². The first-order valence-electron chi connectivity index (χ1n) is 4.50. The molecule has 6 nitrogen and oxygen atoms in total. The number of carbonyl (C=O) groups is 1. The molecule has 0 aliphatic rings. The molecule has 90 valence electrons. The molecule has 2 atom stereocenters. The zero-order valence-electron chi connectivity index (χ0n) is 8.79. The third-order valence-electron chi connectivity index (χ3n) is 2.04. The van der Waals surface area contributed by atoms with Crippen molar-refractivity contribution in [1.29, 1.82) is 5.26 Å². The Bertz CT molecular complexity index is 472. The molecule has 1 aromatic rings. The summed E-state index contributed by atoms with van der Waals surface area (Å²) in [4.78, 5) is 14.9. The van der Waals surface area contributed by atoms with Crippen LogP contribution in [-0.2, 0) is 4.74 Å². The van der Waals surface area contributed by atoms with Crippen molar-refractivity contribution in [3.8, 4) is 6.07 Å². The van der Waals surface area contributed by atoms with Crippen LogP contribution in [-0.4, -0.2) is 34.4 Å². The van der Waals surface area contributed by atoms with E-state index in [1.807, 2.05) is 0 Å². The fourth-order valence-corrected chi connectivity index (χ4v) is 1.36. The Hall–Kier alpha value is -1.68. The van der Waals surface area contributed by atoms with Gasteiger partial charge in [-0.25, -0.2) is 9.78 Å². The Kier molecular flexibility index (Phi) is 4.40. The van der Waals surface area contributed by atoms with Crippen molar-refractivity contribution < 1.29 is 19.7 Å². The normalized spacial score (nSPS) is 13.6. The number of nitriles is 1. The number of aromatic nitrogens is 1. The van der Waals surface area contributed by atoms with Crippen LogP contribution >= 0.6 is 11.6 Å². The Morgan fingerprint density at radius 2 is 2.29 bits per heavy atom. The Labute approximate surface area is 102 Å². The largest absolute Gasteiger partial charge is 0.465 e. The van der Waals surface area contributed by atoms with Crippen LogP contribution in [0.2, 0.25) is 5.15 Å². The molecule has 0 fully saturated rings. The first-order valence-corrected chi connectivity index (χ1v) is 4.88. The van der Waals surface area contributed by atoms with E-state index in [0.29, 0.717) is 0 Å². The molecule has 17 heavy (non-hydrogen) atoms. The lowest BCUT2D eigenvalue weighted by Gasteiger charge is -2.13. The molecule has 0 aromatic carbocycles. The topological polar surface area (TPSA) is 103 Å². The zero-order valence-corrected chi connectivity index (χ0v) is 9.55. The number of halogens is 1. The van der Waals surface area contributed by atoms with E-state index < -0.39 is 18.2 Å². The first-order chi connectivity index (χ1) is 8.01. The average Bonchev–Trinajstić information content (AvgIpc) is 2.36. The predicted octanol–water partition coefficient (Wildman–Crippen LogP) is 0.439. The number of pyridine rings is 1. The SMILES string of the molecule is COC(=O)c1cnc(Cl)c(C(O)C(O)C#N)c1. The molecule has 1 rings (SSSR count). The third kappa shape index (κ3) is 2.91. The molecule has 0 aliphatic carbocycles. The van der Waals surface area contributed by atoms with Gasteiger partial charge in [-0.05, 0) is 6.07 Å². The lowest BCUT2D eigenvalue weighted by atomic mass is 10.1. The lowest BCUT2D eigenvalue weighted by Crippen LogP contribution is -2.17. The smallest absolute Gasteiger partial charge is 0.339 e. The van der Waals surface area contributed by atoms with Crippen molar-refractivity contribution in [2.24, 2.45) is 0 Å². The summed E-state index contributed by atoms with van der Waals surface area (Å²) in [6, 6.07) is 2.67. The van der Waals surface area contributed by atoms with E-state index in [1.54, 1.807) is 0 Å². The second-order valence-electron chi connectivity index (χ2n) is 3.11. The molecule has 1 aromatic heterocycles. The summed E-state index contributed by atoms with van der Waals surface area (Å²) in [5.74, 6) is -0.658. The standard InChI is InChI=1S/C10H9ClN2O4/c1-17-10(16)5-2-6(9(11)13-4-5)8(15)7(14)3-12/h2,4,7-8,14-15H,1H3. The van der Waals surface area contributed by atoms with E-state index in [1.165, 1.54) is 25.4 Å². The monoisotopic (exact) mass is 256 g/mol. The van der Waals surface area contributed by atoms with Crippen molar-refractivity contribution in [2.45, 2.75) is 12.2 Å². The number of hydrogen-bond acceptors (Lipinski definition) is 6.